The maximum atomic E-state index is 12.2. The molecule has 0 radical (unpaired) electrons. The van der Waals surface area contributed by atoms with Gasteiger partial charge < -0.3 is 15.4 Å². The van der Waals surface area contributed by atoms with Gasteiger partial charge in [0.1, 0.15) is 0 Å². The van der Waals surface area contributed by atoms with E-state index in [2.05, 4.69) is 15.4 Å². The number of alkyl halides is 2. The third-order valence-electron chi connectivity index (χ3n) is 2.65. The summed E-state index contributed by atoms with van der Waals surface area (Å²) in [6, 6.07) is 2.59. The van der Waals surface area contributed by atoms with Gasteiger partial charge in [-0.2, -0.15) is 8.78 Å². The quantitative estimate of drug-likeness (QED) is 0.825. The third-order valence-corrected chi connectivity index (χ3v) is 3.21. The summed E-state index contributed by atoms with van der Waals surface area (Å²) in [6.45, 7) is 2.88. The van der Waals surface area contributed by atoms with E-state index in [0.29, 0.717) is 12.2 Å². The first-order valence-electron chi connectivity index (χ1n) is 6.17. The van der Waals surface area contributed by atoms with Gasteiger partial charge in [-0.3, -0.25) is 4.79 Å². The van der Waals surface area contributed by atoms with Gasteiger partial charge >= 0.3 is 6.61 Å². The largest absolute Gasteiger partial charge is 0.432 e. The standard InChI is InChI=1S/C13H16Cl2F2N2O2/c1-4-18-13(2,3)11(20)19-7-5-8(14)10(9(15)6-7)21-12(16)17/h5-6,12,18H,4H2,1-3H3,(H,19,20). The van der Waals surface area contributed by atoms with Crippen molar-refractivity contribution in [2.24, 2.45) is 0 Å². The molecule has 0 aliphatic carbocycles. The van der Waals surface area contributed by atoms with Crippen LogP contribution in [0, 0.1) is 0 Å². The van der Waals surface area contributed by atoms with Crippen LogP contribution in [0.15, 0.2) is 12.1 Å². The molecule has 8 heteroatoms. The van der Waals surface area contributed by atoms with Crippen molar-refractivity contribution in [1.82, 2.24) is 5.32 Å². The number of likely N-dealkylation sites (N-methyl/N-ethyl adjacent to an activating group) is 1. The second kappa shape index (κ2) is 7.24. The number of carbonyl (C=O) groups excluding carboxylic acids is 1. The lowest BCUT2D eigenvalue weighted by atomic mass is 10.0. The van der Waals surface area contributed by atoms with Crippen LogP contribution < -0.4 is 15.4 Å². The minimum absolute atomic E-state index is 0.112. The Balaban J connectivity index is 2.94. The summed E-state index contributed by atoms with van der Waals surface area (Å²) in [5.41, 5.74) is -0.506. The van der Waals surface area contributed by atoms with E-state index in [1.54, 1.807) is 13.8 Å². The van der Waals surface area contributed by atoms with Crippen LogP contribution in [-0.4, -0.2) is 24.6 Å². The smallest absolute Gasteiger partial charge is 0.387 e. The number of anilines is 1. The molecule has 1 aromatic carbocycles. The summed E-state index contributed by atoms with van der Waals surface area (Å²) in [6.07, 6.45) is 0. The highest BCUT2D eigenvalue weighted by Crippen LogP contribution is 2.37. The van der Waals surface area contributed by atoms with Crippen LogP contribution in [0.2, 0.25) is 10.0 Å². The minimum Gasteiger partial charge on any atom is -0.432 e. The van der Waals surface area contributed by atoms with E-state index in [-0.39, 0.29) is 21.7 Å². The van der Waals surface area contributed by atoms with Crippen molar-refractivity contribution in [3.63, 3.8) is 0 Å². The third kappa shape index (κ3) is 4.98. The van der Waals surface area contributed by atoms with Crippen molar-refractivity contribution in [3.05, 3.63) is 22.2 Å². The Morgan fingerprint density at radius 2 is 1.86 bits per heavy atom. The molecule has 0 fully saturated rings. The van der Waals surface area contributed by atoms with E-state index >= 15 is 0 Å². The lowest BCUT2D eigenvalue weighted by molar-refractivity contribution is -0.121. The van der Waals surface area contributed by atoms with Gasteiger partial charge in [-0.15, -0.1) is 0 Å². The summed E-state index contributed by atoms with van der Waals surface area (Å²) in [4.78, 5) is 12.1. The Labute approximate surface area is 131 Å². The summed E-state index contributed by atoms with van der Waals surface area (Å²) in [7, 11) is 0. The number of carbonyl (C=O) groups is 1. The van der Waals surface area contributed by atoms with Crippen LogP contribution in [0.5, 0.6) is 5.75 Å². The highest BCUT2D eigenvalue weighted by atomic mass is 35.5. The molecule has 0 saturated carbocycles. The Bertz CT molecular complexity index is 502. The van der Waals surface area contributed by atoms with E-state index in [1.165, 1.54) is 12.1 Å². The van der Waals surface area contributed by atoms with Gasteiger partial charge in [-0.1, -0.05) is 30.1 Å². The zero-order chi connectivity index (χ0) is 16.2. The number of halogens is 4. The first kappa shape index (κ1) is 17.9. The van der Waals surface area contributed by atoms with Crippen LogP contribution in [-0.2, 0) is 4.79 Å². The number of benzene rings is 1. The second-order valence-corrected chi connectivity index (χ2v) is 5.57. The molecule has 0 aliphatic rings. The summed E-state index contributed by atoms with van der Waals surface area (Å²) >= 11 is 11.7. The molecule has 0 atom stereocenters. The van der Waals surface area contributed by atoms with Gasteiger partial charge in [0.25, 0.3) is 0 Å². The van der Waals surface area contributed by atoms with Crippen molar-refractivity contribution in [1.29, 1.82) is 0 Å². The maximum absolute atomic E-state index is 12.2. The second-order valence-electron chi connectivity index (χ2n) is 4.76. The zero-order valence-electron chi connectivity index (χ0n) is 11.8. The SMILES string of the molecule is CCNC(C)(C)C(=O)Nc1cc(Cl)c(OC(F)F)c(Cl)c1. The fourth-order valence-electron chi connectivity index (χ4n) is 1.64. The van der Waals surface area contributed by atoms with Crippen LogP contribution in [0.25, 0.3) is 0 Å². The molecule has 0 saturated heterocycles. The van der Waals surface area contributed by atoms with Crippen LogP contribution in [0.1, 0.15) is 20.8 Å². The molecule has 1 amide bonds. The van der Waals surface area contributed by atoms with Crippen molar-refractivity contribution in [2.75, 3.05) is 11.9 Å². The molecule has 0 aliphatic heterocycles. The fourth-order valence-corrected chi connectivity index (χ4v) is 2.22. The average molecular weight is 341 g/mol. The van der Waals surface area contributed by atoms with Gasteiger partial charge in [0, 0.05) is 5.69 Å². The normalized spacial score (nSPS) is 11.6. The molecule has 118 valence electrons. The predicted octanol–water partition coefficient (Wildman–Crippen LogP) is 3.92. The van der Waals surface area contributed by atoms with Crippen LogP contribution >= 0.6 is 23.2 Å². The lowest BCUT2D eigenvalue weighted by Crippen LogP contribution is -2.49. The van der Waals surface area contributed by atoms with Gasteiger partial charge in [0.2, 0.25) is 5.91 Å². The predicted molar refractivity (Wildman–Crippen MR) is 79.5 cm³/mol. The molecule has 0 spiro atoms. The Kier molecular flexibility index (Phi) is 6.19. The first-order valence-corrected chi connectivity index (χ1v) is 6.93. The lowest BCUT2D eigenvalue weighted by Gasteiger charge is -2.24. The monoisotopic (exact) mass is 340 g/mol. The molecule has 21 heavy (non-hydrogen) atoms. The van der Waals surface area contributed by atoms with Crippen molar-refractivity contribution < 1.29 is 18.3 Å². The van der Waals surface area contributed by atoms with Crippen LogP contribution in [0.4, 0.5) is 14.5 Å². The van der Waals surface area contributed by atoms with Crippen molar-refractivity contribution in [2.45, 2.75) is 32.9 Å². The summed E-state index contributed by atoms with van der Waals surface area (Å²) in [5, 5.41) is 5.40. The topological polar surface area (TPSA) is 50.4 Å². The number of ether oxygens (including phenoxy) is 1. The fraction of sp³-hybridized carbons (Fsp3) is 0.462. The molecule has 1 aromatic rings. The Morgan fingerprint density at radius 1 is 1.33 bits per heavy atom. The first-order chi connectivity index (χ1) is 9.67. The van der Waals surface area contributed by atoms with Gasteiger partial charge in [-0.05, 0) is 32.5 Å². The summed E-state index contributed by atoms with van der Waals surface area (Å²) in [5.74, 6) is -0.628. The van der Waals surface area contributed by atoms with Gasteiger partial charge in [0.05, 0.1) is 15.6 Å². The van der Waals surface area contributed by atoms with Crippen molar-refractivity contribution >= 4 is 34.8 Å². The maximum Gasteiger partial charge on any atom is 0.387 e. The molecule has 0 bridgehead atoms. The zero-order valence-corrected chi connectivity index (χ0v) is 13.3. The molecule has 0 aromatic heterocycles. The van der Waals surface area contributed by atoms with E-state index in [9.17, 15) is 13.6 Å². The molecular formula is C13H16Cl2F2N2O2. The van der Waals surface area contributed by atoms with Crippen LogP contribution in [0.3, 0.4) is 0 Å². The average Bonchev–Trinajstić information content (AvgIpc) is 2.33. The molecule has 0 unspecified atom stereocenters. The molecule has 4 nitrogen and oxygen atoms in total. The number of rotatable bonds is 6. The molecule has 0 heterocycles. The molecule has 1 rings (SSSR count). The van der Waals surface area contributed by atoms with E-state index in [4.69, 9.17) is 23.2 Å². The number of hydrogen-bond acceptors (Lipinski definition) is 3. The van der Waals surface area contributed by atoms with E-state index in [0.717, 1.165) is 0 Å². The number of amides is 1. The Morgan fingerprint density at radius 3 is 2.29 bits per heavy atom. The van der Waals surface area contributed by atoms with Gasteiger partial charge in [0.15, 0.2) is 5.75 Å². The number of hydrogen-bond donors (Lipinski definition) is 2. The Hall–Kier alpha value is -1.11. The number of nitrogens with one attached hydrogen (secondary N) is 2. The molecular weight excluding hydrogens is 325 g/mol. The van der Waals surface area contributed by atoms with Crippen molar-refractivity contribution in [3.8, 4) is 5.75 Å². The van der Waals surface area contributed by atoms with Gasteiger partial charge in [-0.25, -0.2) is 0 Å². The van der Waals surface area contributed by atoms with E-state index in [1.807, 2.05) is 6.92 Å². The summed E-state index contributed by atoms with van der Waals surface area (Å²) < 4.78 is 28.6. The minimum atomic E-state index is -3.03. The molecule has 2 N–H and O–H groups in total. The highest BCUT2D eigenvalue weighted by Gasteiger charge is 2.26. The highest BCUT2D eigenvalue weighted by molar-refractivity contribution is 6.37. The van der Waals surface area contributed by atoms with E-state index < -0.39 is 12.2 Å².